The number of carbonyl (C=O) groups excluding carboxylic acids is 2. The van der Waals surface area contributed by atoms with Crippen molar-refractivity contribution in [1.82, 2.24) is 5.32 Å². The Morgan fingerprint density at radius 2 is 1.86 bits per heavy atom. The predicted octanol–water partition coefficient (Wildman–Crippen LogP) is 3.85. The number of ether oxygens (including phenoxy) is 2. The lowest BCUT2D eigenvalue weighted by Crippen LogP contribution is -2.55. The van der Waals surface area contributed by atoms with Crippen LogP contribution in [0.1, 0.15) is 79.1 Å². The first kappa shape index (κ1) is 20.2. The van der Waals surface area contributed by atoms with Crippen LogP contribution in [0.2, 0.25) is 0 Å². The van der Waals surface area contributed by atoms with Crippen LogP contribution in [0.3, 0.4) is 0 Å². The number of rotatable bonds is 7. The maximum atomic E-state index is 12.8. The highest BCUT2D eigenvalue weighted by atomic mass is 16.6. The fraction of sp³-hybridized carbons (Fsp3) is 0.913. The molecule has 0 aromatic heterocycles. The van der Waals surface area contributed by atoms with Crippen LogP contribution in [0.4, 0.5) is 0 Å². The van der Waals surface area contributed by atoms with Crippen molar-refractivity contribution in [3.8, 4) is 0 Å². The first-order valence-electron chi connectivity index (χ1n) is 11.3. The molecule has 0 aromatic carbocycles. The maximum absolute atomic E-state index is 12.8. The Labute approximate surface area is 169 Å². The fourth-order valence-electron chi connectivity index (χ4n) is 6.25. The molecule has 3 aliphatic carbocycles. The normalized spacial score (nSPS) is 41.4. The van der Waals surface area contributed by atoms with Gasteiger partial charge in [0.2, 0.25) is 5.91 Å². The van der Waals surface area contributed by atoms with Gasteiger partial charge in [-0.1, -0.05) is 27.2 Å². The molecule has 2 saturated heterocycles. The summed E-state index contributed by atoms with van der Waals surface area (Å²) in [7, 11) is 0. The van der Waals surface area contributed by atoms with Gasteiger partial charge in [0.1, 0.15) is 0 Å². The van der Waals surface area contributed by atoms with E-state index in [9.17, 15) is 9.59 Å². The molecule has 2 aliphatic heterocycles. The van der Waals surface area contributed by atoms with Gasteiger partial charge in [-0.05, 0) is 68.6 Å². The van der Waals surface area contributed by atoms with E-state index in [4.69, 9.17) is 9.47 Å². The van der Waals surface area contributed by atoms with E-state index in [-0.39, 0.29) is 28.8 Å². The summed E-state index contributed by atoms with van der Waals surface area (Å²) in [6, 6.07) is 0. The summed E-state index contributed by atoms with van der Waals surface area (Å²) in [6.07, 6.45) is 8.58. The van der Waals surface area contributed by atoms with Gasteiger partial charge in [0, 0.05) is 12.5 Å². The highest BCUT2D eigenvalue weighted by Gasteiger charge is 2.67. The Hall–Kier alpha value is -1.10. The number of fused-ring (bicyclic) bond motifs is 1. The Morgan fingerprint density at radius 3 is 2.46 bits per heavy atom. The smallest absolute Gasteiger partial charge is 0.314 e. The third-order valence-electron chi connectivity index (χ3n) is 8.77. The molecule has 2 heterocycles. The second-order valence-corrected chi connectivity index (χ2v) is 10.8. The molecule has 5 rings (SSSR count). The average Bonchev–Trinajstić information content (AvgIpc) is 3.04. The second kappa shape index (κ2) is 6.72. The standard InChI is InChI=1S/C23H37NO4/c1-5-20(3,4)16-7-9-21(10-8-16)11-17(21)18(25)24-14-23-12-22(13-23,15-28-23)19(26)27-6-2/h16-17H,5-15H2,1-4H3,(H,24,25). The molecule has 1 amide bonds. The van der Waals surface area contributed by atoms with Crippen LogP contribution in [0.15, 0.2) is 0 Å². The van der Waals surface area contributed by atoms with Crippen molar-refractivity contribution in [2.75, 3.05) is 19.8 Å². The van der Waals surface area contributed by atoms with Crippen LogP contribution in [0.5, 0.6) is 0 Å². The molecule has 1 atom stereocenters. The van der Waals surface area contributed by atoms with Gasteiger partial charge < -0.3 is 14.8 Å². The van der Waals surface area contributed by atoms with E-state index in [0.29, 0.717) is 38.0 Å². The summed E-state index contributed by atoms with van der Waals surface area (Å²) in [5, 5.41) is 3.16. The van der Waals surface area contributed by atoms with Crippen molar-refractivity contribution < 1.29 is 19.1 Å². The van der Waals surface area contributed by atoms with Gasteiger partial charge in [-0.15, -0.1) is 0 Å². The number of hydrogen-bond acceptors (Lipinski definition) is 4. The molecule has 5 aliphatic rings. The molecule has 0 radical (unpaired) electrons. The number of hydrogen-bond donors (Lipinski definition) is 1. The van der Waals surface area contributed by atoms with Crippen molar-refractivity contribution in [3.05, 3.63) is 0 Å². The number of nitrogens with one attached hydrogen (secondary N) is 1. The number of carbonyl (C=O) groups is 2. The van der Waals surface area contributed by atoms with Gasteiger partial charge in [-0.25, -0.2) is 0 Å². The topological polar surface area (TPSA) is 64.6 Å². The minimum absolute atomic E-state index is 0.137. The molecule has 0 aromatic rings. The molecule has 5 fully saturated rings. The second-order valence-electron chi connectivity index (χ2n) is 10.8. The zero-order valence-electron chi connectivity index (χ0n) is 18.1. The minimum atomic E-state index is -0.452. The molecule has 1 spiro atoms. The van der Waals surface area contributed by atoms with Crippen molar-refractivity contribution in [2.24, 2.45) is 28.1 Å². The van der Waals surface area contributed by atoms with Gasteiger partial charge in [0.25, 0.3) is 0 Å². The van der Waals surface area contributed by atoms with Crippen LogP contribution in [-0.4, -0.2) is 37.2 Å². The monoisotopic (exact) mass is 391 g/mol. The molecular weight excluding hydrogens is 354 g/mol. The van der Waals surface area contributed by atoms with Crippen molar-refractivity contribution in [2.45, 2.75) is 84.7 Å². The third-order valence-corrected chi connectivity index (χ3v) is 8.77. The molecule has 5 heteroatoms. The van der Waals surface area contributed by atoms with E-state index in [1.807, 2.05) is 6.92 Å². The summed E-state index contributed by atoms with van der Waals surface area (Å²) in [4.78, 5) is 24.9. The summed E-state index contributed by atoms with van der Waals surface area (Å²) in [5.41, 5.74) is -0.102. The van der Waals surface area contributed by atoms with E-state index in [1.165, 1.54) is 32.1 Å². The van der Waals surface area contributed by atoms with Crippen molar-refractivity contribution >= 4 is 11.9 Å². The molecule has 5 nitrogen and oxygen atoms in total. The van der Waals surface area contributed by atoms with Crippen LogP contribution >= 0.6 is 0 Å². The SMILES string of the molecule is CCOC(=O)C12COC(CNC(=O)C3CC34CCC(C(C)(C)CC)CC4)(C1)C2. The van der Waals surface area contributed by atoms with Gasteiger partial charge in [0.15, 0.2) is 0 Å². The summed E-state index contributed by atoms with van der Waals surface area (Å²) < 4.78 is 11.1. The summed E-state index contributed by atoms with van der Waals surface area (Å²) >= 11 is 0. The Kier molecular flexibility index (Phi) is 4.84. The lowest BCUT2D eigenvalue weighted by molar-refractivity contribution is -0.160. The quantitative estimate of drug-likeness (QED) is 0.670. The van der Waals surface area contributed by atoms with Gasteiger partial charge in [-0.3, -0.25) is 9.59 Å². The minimum Gasteiger partial charge on any atom is -0.465 e. The largest absolute Gasteiger partial charge is 0.465 e. The molecule has 3 saturated carbocycles. The van der Waals surface area contributed by atoms with Crippen LogP contribution in [0.25, 0.3) is 0 Å². The lowest BCUT2D eigenvalue weighted by atomic mass is 9.62. The van der Waals surface area contributed by atoms with Gasteiger partial charge in [0.05, 0.1) is 24.2 Å². The van der Waals surface area contributed by atoms with Gasteiger partial charge in [-0.2, -0.15) is 0 Å². The first-order valence-corrected chi connectivity index (χ1v) is 11.3. The van der Waals surface area contributed by atoms with E-state index in [0.717, 1.165) is 12.3 Å². The zero-order valence-corrected chi connectivity index (χ0v) is 18.1. The molecule has 1 unspecified atom stereocenters. The third kappa shape index (κ3) is 3.18. The van der Waals surface area contributed by atoms with Crippen LogP contribution < -0.4 is 5.32 Å². The fourth-order valence-corrected chi connectivity index (χ4v) is 6.25. The Bertz CT molecular complexity index is 641. The molecule has 28 heavy (non-hydrogen) atoms. The van der Waals surface area contributed by atoms with E-state index >= 15 is 0 Å². The Morgan fingerprint density at radius 1 is 1.18 bits per heavy atom. The summed E-state index contributed by atoms with van der Waals surface area (Å²) in [5.74, 6) is 1.05. The van der Waals surface area contributed by atoms with Gasteiger partial charge >= 0.3 is 5.97 Å². The van der Waals surface area contributed by atoms with Crippen LogP contribution in [-0.2, 0) is 19.1 Å². The predicted molar refractivity (Wildman–Crippen MR) is 107 cm³/mol. The van der Waals surface area contributed by atoms with E-state index < -0.39 is 5.41 Å². The molecule has 158 valence electrons. The summed E-state index contributed by atoms with van der Waals surface area (Å²) in [6.45, 7) is 10.3. The number of amides is 1. The number of esters is 1. The molecular formula is C23H37NO4. The van der Waals surface area contributed by atoms with Crippen molar-refractivity contribution in [3.63, 3.8) is 0 Å². The molecule has 1 N–H and O–H groups in total. The first-order chi connectivity index (χ1) is 13.2. The Balaban J connectivity index is 1.24. The zero-order chi connectivity index (χ0) is 20.2. The van der Waals surface area contributed by atoms with E-state index in [1.54, 1.807) is 0 Å². The average molecular weight is 392 g/mol. The highest BCUT2D eigenvalue weighted by molar-refractivity contribution is 5.83. The highest BCUT2D eigenvalue weighted by Crippen LogP contribution is 2.64. The van der Waals surface area contributed by atoms with E-state index in [2.05, 4.69) is 26.1 Å². The van der Waals surface area contributed by atoms with Crippen molar-refractivity contribution in [1.29, 1.82) is 0 Å². The lowest BCUT2D eigenvalue weighted by Gasteiger charge is -2.42. The maximum Gasteiger partial charge on any atom is 0.314 e. The van der Waals surface area contributed by atoms with Crippen LogP contribution in [0, 0.1) is 28.1 Å². The molecule has 2 bridgehead atoms.